The molecule has 0 aromatic rings. The largest absolute Gasteiger partial charge is 0.355 e. The summed E-state index contributed by atoms with van der Waals surface area (Å²) >= 11 is 0. The summed E-state index contributed by atoms with van der Waals surface area (Å²) in [6, 6.07) is 0.625. The molecular weight excluding hydrogens is 341 g/mol. The third-order valence-corrected chi connectivity index (χ3v) is 3.53. The molecule has 3 saturated heterocycles. The van der Waals surface area contributed by atoms with Crippen LogP contribution in [0.2, 0.25) is 0 Å². The molecule has 0 aliphatic carbocycles. The number of rotatable bonds is 4. The van der Waals surface area contributed by atoms with Gasteiger partial charge in [0.2, 0.25) is 0 Å². The summed E-state index contributed by atoms with van der Waals surface area (Å²) in [5, 5.41) is 6.57. The first kappa shape index (κ1) is 15.7. The highest BCUT2D eigenvalue weighted by Gasteiger charge is 2.31. The van der Waals surface area contributed by atoms with Crippen molar-refractivity contribution >= 4 is 29.9 Å². The minimum absolute atomic E-state index is 0. The van der Waals surface area contributed by atoms with Gasteiger partial charge < -0.3 is 10.6 Å². The highest BCUT2D eigenvalue weighted by molar-refractivity contribution is 14.0. The molecule has 1 atom stereocenters. The van der Waals surface area contributed by atoms with Crippen LogP contribution in [0.25, 0.3) is 0 Å². The third-order valence-electron chi connectivity index (χ3n) is 3.53. The molecule has 0 aromatic carbocycles. The van der Waals surface area contributed by atoms with E-state index >= 15 is 0 Å². The second-order valence-corrected chi connectivity index (χ2v) is 4.61. The Labute approximate surface area is 127 Å². The van der Waals surface area contributed by atoms with Gasteiger partial charge in [-0.25, -0.2) is 0 Å². The summed E-state index contributed by atoms with van der Waals surface area (Å²) in [6.45, 7) is 11.5. The average Bonchev–Trinajstić information content (AvgIpc) is 2.40. The predicted octanol–water partition coefficient (Wildman–Crippen LogP) is -0.0448. The monoisotopic (exact) mass is 365 g/mol. The van der Waals surface area contributed by atoms with Crippen LogP contribution in [-0.4, -0.2) is 74.7 Å². The quantitative estimate of drug-likeness (QED) is 0.318. The third kappa shape index (κ3) is 4.10. The fourth-order valence-electron chi connectivity index (χ4n) is 2.52. The number of piperazine rings is 3. The molecule has 0 radical (unpaired) electrons. The van der Waals surface area contributed by atoms with E-state index < -0.39 is 0 Å². The lowest BCUT2D eigenvalue weighted by Gasteiger charge is -2.47. The van der Waals surface area contributed by atoms with Crippen molar-refractivity contribution in [1.82, 2.24) is 20.4 Å². The van der Waals surface area contributed by atoms with Crippen molar-refractivity contribution in [1.29, 1.82) is 0 Å². The van der Waals surface area contributed by atoms with Crippen molar-refractivity contribution in [3.05, 3.63) is 12.7 Å². The fourth-order valence-corrected chi connectivity index (χ4v) is 2.52. The number of nitrogens with zero attached hydrogens (tertiary/aromatic N) is 3. The molecule has 2 bridgehead atoms. The van der Waals surface area contributed by atoms with Crippen molar-refractivity contribution in [3.8, 4) is 0 Å². The SMILES string of the molecule is C=CCNC(=NC)NCC1CN2CCN1CC2.I. The Morgan fingerprint density at radius 3 is 2.56 bits per heavy atom. The van der Waals surface area contributed by atoms with Crippen molar-refractivity contribution in [2.75, 3.05) is 52.9 Å². The molecule has 6 heteroatoms. The Morgan fingerprint density at radius 1 is 1.33 bits per heavy atom. The molecule has 3 fully saturated rings. The van der Waals surface area contributed by atoms with Gasteiger partial charge in [-0.1, -0.05) is 6.08 Å². The van der Waals surface area contributed by atoms with Crippen LogP contribution in [0.4, 0.5) is 0 Å². The molecule has 0 aromatic heterocycles. The van der Waals surface area contributed by atoms with Gasteiger partial charge in [0.15, 0.2) is 5.96 Å². The molecule has 2 N–H and O–H groups in total. The van der Waals surface area contributed by atoms with Gasteiger partial charge in [-0.3, -0.25) is 14.8 Å². The summed E-state index contributed by atoms with van der Waals surface area (Å²) in [5.41, 5.74) is 0. The topological polar surface area (TPSA) is 42.9 Å². The van der Waals surface area contributed by atoms with Crippen molar-refractivity contribution < 1.29 is 0 Å². The number of guanidine groups is 1. The first-order chi connectivity index (χ1) is 8.33. The van der Waals surface area contributed by atoms with Gasteiger partial charge in [-0.2, -0.15) is 0 Å². The van der Waals surface area contributed by atoms with E-state index in [-0.39, 0.29) is 24.0 Å². The number of hydrogen-bond acceptors (Lipinski definition) is 3. The van der Waals surface area contributed by atoms with Gasteiger partial charge in [-0.05, 0) is 0 Å². The van der Waals surface area contributed by atoms with E-state index in [0.717, 1.165) is 19.0 Å². The summed E-state index contributed by atoms with van der Waals surface area (Å²) < 4.78 is 0. The van der Waals surface area contributed by atoms with Gasteiger partial charge >= 0.3 is 0 Å². The van der Waals surface area contributed by atoms with Crippen LogP contribution >= 0.6 is 24.0 Å². The standard InChI is InChI=1S/C12H23N5.HI/c1-3-4-14-12(13-2)15-9-11-10-16-5-7-17(11)8-6-16;/h3,11H,1,4-10H2,2H3,(H2,13,14,15);1H. The number of fused-ring (bicyclic) bond motifs is 3. The van der Waals surface area contributed by atoms with Crippen molar-refractivity contribution in [2.24, 2.45) is 4.99 Å². The summed E-state index contributed by atoms with van der Waals surface area (Å²) in [5.74, 6) is 0.863. The second-order valence-electron chi connectivity index (χ2n) is 4.61. The molecular formula is C12H24IN5. The van der Waals surface area contributed by atoms with E-state index in [9.17, 15) is 0 Å². The molecule has 3 heterocycles. The Bertz CT molecular complexity index is 286. The van der Waals surface area contributed by atoms with Crippen LogP contribution < -0.4 is 10.6 Å². The van der Waals surface area contributed by atoms with E-state index in [1.165, 1.54) is 32.7 Å². The van der Waals surface area contributed by atoms with Gasteiger partial charge in [0.05, 0.1) is 0 Å². The van der Waals surface area contributed by atoms with Crippen LogP contribution in [0.3, 0.4) is 0 Å². The van der Waals surface area contributed by atoms with E-state index in [4.69, 9.17) is 0 Å². The number of halogens is 1. The molecule has 3 aliphatic heterocycles. The van der Waals surface area contributed by atoms with Crippen LogP contribution in [-0.2, 0) is 0 Å². The second kappa shape index (κ2) is 7.96. The summed E-state index contributed by atoms with van der Waals surface area (Å²) in [7, 11) is 1.80. The smallest absolute Gasteiger partial charge is 0.191 e. The summed E-state index contributed by atoms with van der Waals surface area (Å²) in [4.78, 5) is 9.31. The minimum Gasteiger partial charge on any atom is -0.355 e. The van der Waals surface area contributed by atoms with Crippen LogP contribution in [0, 0.1) is 0 Å². The molecule has 0 amide bonds. The Balaban J connectivity index is 0.00000162. The zero-order chi connectivity index (χ0) is 12.1. The maximum absolute atomic E-state index is 4.19. The Hall–Kier alpha value is -0.340. The van der Waals surface area contributed by atoms with E-state index in [2.05, 4.69) is 32.0 Å². The zero-order valence-electron chi connectivity index (χ0n) is 11.1. The first-order valence-corrected chi connectivity index (χ1v) is 6.35. The van der Waals surface area contributed by atoms with Gasteiger partial charge in [0.25, 0.3) is 0 Å². The average molecular weight is 365 g/mol. The number of hydrogen-bond donors (Lipinski definition) is 2. The van der Waals surface area contributed by atoms with Crippen LogP contribution in [0.5, 0.6) is 0 Å². The molecule has 18 heavy (non-hydrogen) atoms. The minimum atomic E-state index is 0. The molecule has 1 unspecified atom stereocenters. The van der Waals surface area contributed by atoms with Crippen molar-refractivity contribution in [3.63, 3.8) is 0 Å². The Kier molecular flexibility index (Phi) is 6.95. The lowest BCUT2D eigenvalue weighted by molar-refractivity contribution is 0.0154. The van der Waals surface area contributed by atoms with Gasteiger partial charge in [-0.15, -0.1) is 30.6 Å². The lowest BCUT2D eigenvalue weighted by atomic mass is 10.1. The van der Waals surface area contributed by atoms with Crippen molar-refractivity contribution in [2.45, 2.75) is 6.04 Å². The van der Waals surface area contributed by atoms with E-state index in [1.807, 2.05) is 6.08 Å². The molecule has 0 saturated carbocycles. The van der Waals surface area contributed by atoms with Crippen LogP contribution in [0.15, 0.2) is 17.6 Å². The Morgan fingerprint density at radius 2 is 2.06 bits per heavy atom. The number of nitrogens with one attached hydrogen (secondary N) is 2. The highest BCUT2D eigenvalue weighted by atomic mass is 127. The number of aliphatic imine (C=N–C) groups is 1. The van der Waals surface area contributed by atoms with Gasteiger partial charge in [0, 0.05) is 58.9 Å². The van der Waals surface area contributed by atoms with E-state index in [0.29, 0.717) is 6.04 Å². The zero-order valence-corrected chi connectivity index (χ0v) is 13.4. The van der Waals surface area contributed by atoms with E-state index in [1.54, 1.807) is 7.05 Å². The predicted molar refractivity (Wildman–Crippen MR) is 86.8 cm³/mol. The normalized spacial score (nSPS) is 30.5. The molecule has 3 aliphatic rings. The molecule has 5 nitrogen and oxygen atoms in total. The maximum atomic E-state index is 4.19. The fraction of sp³-hybridized carbons (Fsp3) is 0.750. The highest BCUT2D eigenvalue weighted by Crippen LogP contribution is 2.14. The first-order valence-electron chi connectivity index (χ1n) is 6.35. The molecule has 104 valence electrons. The molecule has 3 rings (SSSR count). The maximum Gasteiger partial charge on any atom is 0.191 e. The summed E-state index contributed by atoms with van der Waals surface area (Å²) in [6.07, 6.45) is 1.84. The van der Waals surface area contributed by atoms with Gasteiger partial charge in [0.1, 0.15) is 0 Å². The molecule has 0 spiro atoms. The van der Waals surface area contributed by atoms with Crippen LogP contribution in [0.1, 0.15) is 0 Å². The lowest BCUT2D eigenvalue weighted by Crippen LogP contribution is -2.63.